The number of hydrogen-bond acceptors (Lipinski definition) is 10. The summed E-state index contributed by atoms with van der Waals surface area (Å²) < 4.78 is 20.3. The van der Waals surface area contributed by atoms with Gasteiger partial charge in [0.05, 0.1) is 21.5 Å². The largest absolute Gasteiger partial charge is 0.457 e. The minimum absolute atomic E-state index is 0.0181. The first kappa shape index (κ1) is 27.7. The summed E-state index contributed by atoms with van der Waals surface area (Å²) in [6.07, 6.45) is 0. The molecule has 2 aromatic heterocycles. The molecule has 5 aromatic carbocycles. The number of anilines is 2. The van der Waals surface area contributed by atoms with Gasteiger partial charge in [-0.05, 0) is 71.8 Å². The Morgan fingerprint density at radius 3 is 1.07 bits per heavy atom. The van der Waals surface area contributed by atoms with Crippen molar-refractivity contribution in [1.82, 2.24) is 0 Å². The van der Waals surface area contributed by atoms with Crippen LogP contribution in [0.2, 0.25) is 0 Å². The summed E-state index contributed by atoms with van der Waals surface area (Å²) >= 11 is 0. The highest BCUT2D eigenvalue weighted by Crippen LogP contribution is 2.29. The quantitative estimate of drug-likeness (QED) is 0.243. The molecule has 0 saturated carbocycles. The van der Waals surface area contributed by atoms with Gasteiger partial charge in [0.15, 0.2) is 0 Å². The molecule has 0 saturated heterocycles. The molecular weight excluding hydrogens is 564 g/mol. The van der Waals surface area contributed by atoms with Crippen LogP contribution >= 0.6 is 0 Å². The maximum absolute atomic E-state index is 11.2. The van der Waals surface area contributed by atoms with Crippen LogP contribution in [0.25, 0.3) is 32.7 Å². The van der Waals surface area contributed by atoms with Crippen LogP contribution < -0.4 is 43.4 Å². The van der Waals surface area contributed by atoms with Crippen LogP contribution in [0.5, 0.6) is 23.0 Å². The van der Waals surface area contributed by atoms with Crippen molar-refractivity contribution in [1.29, 1.82) is 0 Å². The third-order valence-corrected chi connectivity index (χ3v) is 6.64. The van der Waals surface area contributed by atoms with Crippen molar-refractivity contribution in [2.75, 3.05) is 11.5 Å². The molecule has 0 bridgehead atoms. The lowest BCUT2D eigenvalue weighted by molar-refractivity contribution is 0.482. The van der Waals surface area contributed by atoms with Gasteiger partial charge in [-0.25, -0.2) is 19.2 Å². The third kappa shape index (κ3) is 5.81. The molecule has 2 heterocycles. The lowest BCUT2D eigenvalue weighted by Crippen LogP contribution is -1.96. The number of nitrogen functional groups attached to an aromatic ring is 2. The molecule has 7 aromatic rings. The van der Waals surface area contributed by atoms with E-state index in [0.29, 0.717) is 11.4 Å². The van der Waals surface area contributed by atoms with Crippen molar-refractivity contribution in [3.8, 4) is 34.1 Å². The fourth-order valence-corrected chi connectivity index (χ4v) is 4.52. The number of hydrogen-bond donors (Lipinski definition) is 2. The van der Waals surface area contributed by atoms with Crippen molar-refractivity contribution in [2.45, 2.75) is 0 Å². The predicted molar refractivity (Wildman–Crippen MR) is 167 cm³/mol. The van der Waals surface area contributed by atoms with Gasteiger partial charge in [-0.3, -0.25) is 0 Å². The van der Waals surface area contributed by atoms with Gasteiger partial charge in [-0.1, -0.05) is 36.4 Å². The Kier molecular flexibility index (Phi) is 7.22. The van der Waals surface area contributed by atoms with Crippen LogP contribution in [0, 0.1) is 0 Å². The molecule has 0 aliphatic carbocycles. The minimum Gasteiger partial charge on any atom is -0.457 e. The van der Waals surface area contributed by atoms with Crippen LogP contribution in [-0.4, -0.2) is 0 Å². The summed E-state index contributed by atoms with van der Waals surface area (Å²) in [5.74, 6) is 2.96. The Morgan fingerprint density at radius 2 is 0.750 bits per heavy atom. The molecule has 0 atom stereocenters. The first-order valence-corrected chi connectivity index (χ1v) is 13.2. The van der Waals surface area contributed by atoms with E-state index < -0.39 is 22.5 Å². The van der Waals surface area contributed by atoms with E-state index in [1.54, 1.807) is 12.1 Å². The van der Waals surface area contributed by atoms with Crippen LogP contribution in [0.3, 0.4) is 0 Å². The number of benzene rings is 5. The molecule has 7 rings (SSSR count). The second-order valence-electron chi connectivity index (χ2n) is 9.70. The normalized spacial score (nSPS) is 10.8. The van der Waals surface area contributed by atoms with E-state index in [1.165, 1.54) is 0 Å². The van der Waals surface area contributed by atoms with Gasteiger partial charge in [0.2, 0.25) is 0 Å². The van der Waals surface area contributed by atoms with Crippen LogP contribution in [0.4, 0.5) is 11.4 Å². The smallest absolute Gasteiger partial charge is 0.346 e. The highest BCUT2D eigenvalue weighted by atomic mass is 16.5. The zero-order valence-electron chi connectivity index (χ0n) is 22.8. The maximum Gasteiger partial charge on any atom is 0.346 e. The Bertz CT molecular complexity index is 2090. The second-order valence-corrected chi connectivity index (χ2v) is 9.70. The molecule has 10 heteroatoms. The van der Waals surface area contributed by atoms with E-state index in [4.69, 9.17) is 20.9 Å². The standard InChI is InChI=1S/C24H20N2O2.C10H2O6/c25-19-3-1-5-23(15-19)27-21-11-7-17(8-12-21)18-9-13-22(14-10-18)28-24-6-2-4-20(26)16-24;11-7-3-1-4-6(10(14)16-8(4)12)2-5(3)9(13)15-7/h1-16H,25-26H2;1-2H. The van der Waals surface area contributed by atoms with Gasteiger partial charge in [-0.15, -0.1) is 0 Å². The minimum atomic E-state index is -0.824. The summed E-state index contributed by atoms with van der Waals surface area (Å²) in [6, 6.07) is 32.9. The fraction of sp³-hybridized carbons (Fsp3) is 0. The number of furan rings is 2. The van der Waals surface area contributed by atoms with Crippen LogP contribution in [0.15, 0.2) is 137 Å². The van der Waals surface area contributed by atoms with Crippen molar-refractivity contribution in [3.63, 3.8) is 0 Å². The highest BCUT2D eigenvalue weighted by molar-refractivity contribution is 5.96. The maximum atomic E-state index is 11.2. The summed E-state index contributed by atoms with van der Waals surface area (Å²) in [6.45, 7) is 0. The number of fused-ring (bicyclic) bond motifs is 2. The number of ether oxygens (including phenoxy) is 2. The van der Waals surface area contributed by atoms with E-state index in [-0.39, 0.29) is 21.5 Å². The van der Waals surface area contributed by atoms with Gasteiger partial charge in [-0.2, -0.15) is 0 Å². The molecular formula is C34H22N2O8. The van der Waals surface area contributed by atoms with Crippen molar-refractivity contribution in [2.24, 2.45) is 0 Å². The number of rotatable bonds is 5. The van der Waals surface area contributed by atoms with E-state index in [2.05, 4.69) is 8.83 Å². The molecule has 0 aliphatic heterocycles. The summed E-state index contributed by atoms with van der Waals surface area (Å²) in [5.41, 5.74) is 11.8. The third-order valence-electron chi connectivity index (χ3n) is 6.64. The Hall–Kier alpha value is -6.42. The molecule has 0 radical (unpaired) electrons. The molecule has 0 amide bonds. The molecule has 216 valence electrons. The van der Waals surface area contributed by atoms with Crippen LogP contribution in [-0.2, 0) is 0 Å². The molecule has 0 fully saturated rings. The average molecular weight is 587 g/mol. The second kappa shape index (κ2) is 11.5. The van der Waals surface area contributed by atoms with E-state index in [1.807, 2.05) is 84.9 Å². The van der Waals surface area contributed by atoms with Crippen molar-refractivity contribution in [3.05, 3.63) is 151 Å². The van der Waals surface area contributed by atoms with E-state index in [0.717, 1.165) is 46.3 Å². The molecule has 0 spiro atoms. The summed E-state index contributed by atoms with van der Waals surface area (Å²) in [4.78, 5) is 44.7. The first-order valence-electron chi connectivity index (χ1n) is 13.2. The van der Waals surface area contributed by atoms with Gasteiger partial charge >= 0.3 is 22.5 Å². The first-order chi connectivity index (χ1) is 21.2. The van der Waals surface area contributed by atoms with Crippen LogP contribution in [0.1, 0.15) is 0 Å². The van der Waals surface area contributed by atoms with Gasteiger partial charge < -0.3 is 29.8 Å². The van der Waals surface area contributed by atoms with Gasteiger partial charge in [0, 0.05) is 23.5 Å². The monoisotopic (exact) mass is 586 g/mol. The zero-order valence-corrected chi connectivity index (χ0v) is 22.8. The SMILES string of the molecule is Nc1cccc(Oc2ccc(-c3ccc(Oc4cccc(N)c4)cc3)cc2)c1.O=c1oc(=O)c2cc3c(=O)oc(=O)c3cc12. The fourth-order valence-electron chi connectivity index (χ4n) is 4.52. The Labute approximate surface area is 247 Å². The van der Waals surface area contributed by atoms with Gasteiger partial charge in [0.1, 0.15) is 23.0 Å². The summed E-state index contributed by atoms with van der Waals surface area (Å²) in [7, 11) is 0. The topological polar surface area (TPSA) is 165 Å². The zero-order chi connectivity index (χ0) is 30.8. The molecule has 0 unspecified atom stereocenters. The number of nitrogens with two attached hydrogens (primary N) is 2. The highest BCUT2D eigenvalue weighted by Gasteiger charge is 2.15. The van der Waals surface area contributed by atoms with E-state index >= 15 is 0 Å². The molecule has 10 nitrogen and oxygen atoms in total. The average Bonchev–Trinajstić information content (AvgIpc) is 3.45. The van der Waals surface area contributed by atoms with Crippen molar-refractivity contribution >= 4 is 32.9 Å². The Balaban J connectivity index is 0.000000181. The molecule has 44 heavy (non-hydrogen) atoms. The predicted octanol–water partition coefficient (Wildman–Crippen LogP) is 5.60. The molecule has 4 N–H and O–H groups in total. The van der Waals surface area contributed by atoms with Crippen molar-refractivity contribution < 1.29 is 18.3 Å². The lowest BCUT2D eigenvalue weighted by atomic mass is 10.1. The van der Waals surface area contributed by atoms with E-state index in [9.17, 15) is 19.2 Å². The molecule has 0 aliphatic rings. The van der Waals surface area contributed by atoms with Gasteiger partial charge in [0.25, 0.3) is 0 Å². The lowest BCUT2D eigenvalue weighted by Gasteiger charge is -2.09. The summed E-state index contributed by atoms with van der Waals surface area (Å²) in [5, 5.41) is -0.0726. The Morgan fingerprint density at radius 1 is 0.409 bits per heavy atom.